The third-order valence-corrected chi connectivity index (χ3v) is 2.84. The monoisotopic (exact) mass is 255 g/mol. The molecule has 6 heteroatoms. The van der Waals surface area contributed by atoms with E-state index in [1.807, 2.05) is 31.2 Å². The van der Waals surface area contributed by atoms with Gasteiger partial charge in [0.05, 0.1) is 12.6 Å². The highest BCUT2D eigenvalue weighted by Gasteiger charge is 2.09. The van der Waals surface area contributed by atoms with Crippen LogP contribution in [0.15, 0.2) is 30.5 Å². The molecule has 0 saturated carbocycles. The van der Waals surface area contributed by atoms with Crippen molar-refractivity contribution in [3.63, 3.8) is 0 Å². The van der Waals surface area contributed by atoms with Gasteiger partial charge < -0.3 is 10.1 Å². The van der Waals surface area contributed by atoms with Gasteiger partial charge in [-0.3, -0.25) is 5.10 Å². The predicted molar refractivity (Wildman–Crippen MR) is 72.7 cm³/mol. The van der Waals surface area contributed by atoms with Crippen molar-refractivity contribution in [3.8, 4) is 6.01 Å². The van der Waals surface area contributed by atoms with Crippen molar-refractivity contribution in [1.29, 1.82) is 0 Å². The highest BCUT2D eigenvalue weighted by molar-refractivity contribution is 5.91. The number of rotatable bonds is 3. The summed E-state index contributed by atoms with van der Waals surface area (Å²) in [6.45, 7) is 1.93. The normalized spacial score (nSPS) is 10.6. The average Bonchev–Trinajstić information content (AvgIpc) is 2.85. The Morgan fingerprint density at radius 3 is 2.89 bits per heavy atom. The number of nitrogens with zero attached hydrogens (tertiary/aromatic N) is 3. The molecule has 0 spiro atoms. The molecule has 3 aromatic rings. The lowest BCUT2D eigenvalue weighted by Gasteiger charge is -2.07. The number of hydrogen-bond acceptors (Lipinski definition) is 5. The molecule has 0 amide bonds. The van der Waals surface area contributed by atoms with E-state index in [9.17, 15) is 0 Å². The standard InChI is InChI=1S/C13H13N5O/c1-8-7-14-13(19-2)16-11(8)15-12-9-5-3-4-6-10(9)17-18-12/h3-7H,1-2H3,(H2,14,15,16,17,18). The second-order valence-electron chi connectivity index (χ2n) is 4.13. The molecule has 1 aromatic carbocycles. The molecular formula is C13H13N5O. The van der Waals surface area contributed by atoms with Crippen molar-refractivity contribution in [2.24, 2.45) is 0 Å². The van der Waals surface area contributed by atoms with Crippen molar-refractivity contribution in [2.45, 2.75) is 6.92 Å². The molecule has 0 aliphatic heterocycles. The van der Waals surface area contributed by atoms with Crippen molar-refractivity contribution in [1.82, 2.24) is 20.2 Å². The zero-order valence-corrected chi connectivity index (χ0v) is 10.6. The number of aryl methyl sites for hydroxylation is 1. The van der Waals surface area contributed by atoms with E-state index in [0.29, 0.717) is 11.8 Å². The molecule has 0 aliphatic carbocycles. The molecule has 0 bridgehead atoms. The zero-order valence-electron chi connectivity index (χ0n) is 10.6. The summed E-state index contributed by atoms with van der Waals surface area (Å²) in [4.78, 5) is 8.32. The van der Waals surface area contributed by atoms with Crippen LogP contribution in [0.2, 0.25) is 0 Å². The molecule has 2 N–H and O–H groups in total. The molecule has 2 heterocycles. The van der Waals surface area contributed by atoms with Crippen LogP contribution in [0.3, 0.4) is 0 Å². The second-order valence-corrected chi connectivity index (χ2v) is 4.13. The van der Waals surface area contributed by atoms with Gasteiger partial charge in [-0.25, -0.2) is 4.98 Å². The maximum absolute atomic E-state index is 5.03. The van der Waals surface area contributed by atoms with Crippen LogP contribution >= 0.6 is 0 Å². The number of H-pyrrole nitrogens is 1. The van der Waals surface area contributed by atoms with Crippen LogP contribution in [-0.4, -0.2) is 27.3 Å². The number of ether oxygens (including phenoxy) is 1. The van der Waals surface area contributed by atoms with Crippen LogP contribution in [-0.2, 0) is 0 Å². The third kappa shape index (κ3) is 2.08. The first-order valence-electron chi connectivity index (χ1n) is 5.85. The largest absolute Gasteiger partial charge is 0.467 e. The molecule has 0 aliphatic rings. The SMILES string of the molecule is COc1ncc(C)c(Nc2n[nH]c3ccccc23)n1. The smallest absolute Gasteiger partial charge is 0.318 e. The van der Waals surface area contributed by atoms with E-state index in [1.165, 1.54) is 0 Å². The fraction of sp³-hybridized carbons (Fsp3) is 0.154. The van der Waals surface area contributed by atoms with E-state index >= 15 is 0 Å². The highest BCUT2D eigenvalue weighted by Crippen LogP contribution is 2.24. The molecule has 2 aromatic heterocycles. The molecule has 0 atom stereocenters. The van der Waals surface area contributed by atoms with Crippen molar-refractivity contribution < 1.29 is 4.74 Å². The molecule has 0 radical (unpaired) electrons. The lowest BCUT2D eigenvalue weighted by Crippen LogP contribution is -2.00. The van der Waals surface area contributed by atoms with E-state index in [2.05, 4.69) is 25.5 Å². The Morgan fingerprint density at radius 2 is 2.05 bits per heavy atom. The quantitative estimate of drug-likeness (QED) is 0.751. The van der Waals surface area contributed by atoms with Crippen LogP contribution in [0.4, 0.5) is 11.6 Å². The number of fused-ring (bicyclic) bond motifs is 1. The van der Waals surface area contributed by atoms with Gasteiger partial charge in [-0.2, -0.15) is 10.1 Å². The molecule has 0 unspecified atom stereocenters. The molecule has 0 fully saturated rings. The summed E-state index contributed by atoms with van der Waals surface area (Å²) in [5, 5.41) is 11.4. The number of aromatic amines is 1. The Kier molecular flexibility index (Phi) is 2.75. The molecule has 19 heavy (non-hydrogen) atoms. The maximum atomic E-state index is 5.03. The summed E-state index contributed by atoms with van der Waals surface area (Å²) in [6, 6.07) is 8.23. The lowest BCUT2D eigenvalue weighted by atomic mass is 10.2. The van der Waals surface area contributed by atoms with Gasteiger partial charge in [0.2, 0.25) is 0 Å². The Bertz CT molecular complexity index is 722. The van der Waals surface area contributed by atoms with Gasteiger partial charge in [0, 0.05) is 17.1 Å². The van der Waals surface area contributed by atoms with Crippen molar-refractivity contribution in [3.05, 3.63) is 36.0 Å². The Hall–Kier alpha value is -2.63. The van der Waals surface area contributed by atoms with E-state index in [0.717, 1.165) is 22.3 Å². The highest BCUT2D eigenvalue weighted by atomic mass is 16.5. The summed E-state index contributed by atoms with van der Waals surface area (Å²) < 4.78 is 5.03. The fourth-order valence-electron chi connectivity index (χ4n) is 1.82. The van der Waals surface area contributed by atoms with E-state index in [1.54, 1.807) is 13.3 Å². The summed E-state index contributed by atoms with van der Waals surface area (Å²) in [5.74, 6) is 1.42. The zero-order chi connectivity index (χ0) is 13.2. The topological polar surface area (TPSA) is 75.7 Å². The number of nitrogens with one attached hydrogen (secondary N) is 2. The fourth-order valence-corrected chi connectivity index (χ4v) is 1.82. The van der Waals surface area contributed by atoms with E-state index in [-0.39, 0.29) is 0 Å². The van der Waals surface area contributed by atoms with Gasteiger partial charge in [-0.15, -0.1) is 0 Å². The Morgan fingerprint density at radius 1 is 1.21 bits per heavy atom. The van der Waals surface area contributed by atoms with Gasteiger partial charge in [0.15, 0.2) is 5.82 Å². The first-order chi connectivity index (χ1) is 9.28. The van der Waals surface area contributed by atoms with E-state index < -0.39 is 0 Å². The first-order valence-corrected chi connectivity index (χ1v) is 5.85. The van der Waals surface area contributed by atoms with Crippen LogP contribution in [0.25, 0.3) is 10.9 Å². The second kappa shape index (κ2) is 4.56. The van der Waals surface area contributed by atoms with Crippen molar-refractivity contribution >= 4 is 22.5 Å². The Labute approximate surface area is 109 Å². The predicted octanol–water partition coefficient (Wildman–Crippen LogP) is 2.41. The third-order valence-electron chi connectivity index (χ3n) is 2.84. The van der Waals surface area contributed by atoms with Gasteiger partial charge in [0.1, 0.15) is 5.82 Å². The number of aromatic nitrogens is 4. The minimum Gasteiger partial charge on any atom is -0.467 e. The van der Waals surface area contributed by atoms with Gasteiger partial charge >= 0.3 is 6.01 Å². The lowest BCUT2D eigenvalue weighted by molar-refractivity contribution is 0.380. The van der Waals surface area contributed by atoms with Gasteiger partial charge in [0.25, 0.3) is 0 Å². The van der Waals surface area contributed by atoms with Crippen LogP contribution in [0.1, 0.15) is 5.56 Å². The van der Waals surface area contributed by atoms with E-state index in [4.69, 9.17) is 4.74 Å². The number of methoxy groups -OCH3 is 1. The minimum absolute atomic E-state index is 0.327. The minimum atomic E-state index is 0.327. The van der Waals surface area contributed by atoms with Crippen molar-refractivity contribution in [2.75, 3.05) is 12.4 Å². The molecule has 3 rings (SSSR count). The summed E-state index contributed by atoms with van der Waals surface area (Å²) >= 11 is 0. The molecular weight excluding hydrogens is 242 g/mol. The summed E-state index contributed by atoms with van der Waals surface area (Å²) in [7, 11) is 1.54. The average molecular weight is 255 g/mol. The van der Waals surface area contributed by atoms with Crippen LogP contribution in [0.5, 0.6) is 6.01 Å². The number of anilines is 2. The number of benzene rings is 1. The summed E-state index contributed by atoms with van der Waals surface area (Å²) in [5.41, 5.74) is 1.90. The van der Waals surface area contributed by atoms with Gasteiger partial charge in [-0.1, -0.05) is 12.1 Å². The number of para-hydroxylation sites is 1. The van der Waals surface area contributed by atoms with Crippen LogP contribution in [0, 0.1) is 6.92 Å². The molecule has 6 nitrogen and oxygen atoms in total. The van der Waals surface area contributed by atoms with Gasteiger partial charge in [-0.05, 0) is 19.1 Å². The molecule has 0 saturated heterocycles. The summed E-state index contributed by atoms with van der Waals surface area (Å²) in [6.07, 6.45) is 1.71. The van der Waals surface area contributed by atoms with Crippen LogP contribution < -0.4 is 10.1 Å². The molecule has 96 valence electrons. The first kappa shape index (κ1) is 11.5. The maximum Gasteiger partial charge on any atom is 0.318 e. The number of hydrogen-bond donors (Lipinski definition) is 2. The Balaban J connectivity index is 2.01.